The summed E-state index contributed by atoms with van der Waals surface area (Å²) in [5.41, 5.74) is 3.96. The van der Waals surface area contributed by atoms with E-state index in [2.05, 4.69) is 27.8 Å². The van der Waals surface area contributed by atoms with Crippen LogP contribution in [0.3, 0.4) is 0 Å². The van der Waals surface area contributed by atoms with E-state index in [0.29, 0.717) is 34.7 Å². The van der Waals surface area contributed by atoms with E-state index in [4.69, 9.17) is 20.8 Å². The number of hydrogen-bond acceptors (Lipinski definition) is 5. The summed E-state index contributed by atoms with van der Waals surface area (Å²) < 4.78 is 14.4. The standard InChI is InChI=1S/C31H26BrClN2O4/c1-2-3-13-27-34-30(33)25(18-36)35(27)17-21-14-15-26-24(16-21)28(32)29(39-26)22-11-7-8-12-23(22)31(37)38-19-20-9-5-4-6-10-20/h4-12,14-16,18H,2-3,13,17,19H2,1H3. The first-order valence-electron chi connectivity index (χ1n) is 12.7. The second-order valence-electron chi connectivity index (χ2n) is 9.19. The van der Waals surface area contributed by atoms with Crippen molar-refractivity contribution < 1.29 is 18.7 Å². The summed E-state index contributed by atoms with van der Waals surface area (Å²) in [4.78, 5) is 29.2. The highest BCUT2D eigenvalue weighted by Crippen LogP contribution is 2.40. The lowest BCUT2D eigenvalue weighted by molar-refractivity contribution is 0.0473. The van der Waals surface area contributed by atoms with Gasteiger partial charge >= 0.3 is 5.97 Å². The van der Waals surface area contributed by atoms with Gasteiger partial charge in [0.25, 0.3) is 0 Å². The Morgan fingerprint density at radius 3 is 2.62 bits per heavy atom. The highest BCUT2D eigenvalue weighted by Gasteiger charge is 2.22. The second kappa shape index (κ2) is 12.0. The summed E-state index contributed by atoms with van der Waals surface area (Å²) in [7, 11) is 0. The van der Waals surface area contributed by atoms with Gasteiger partial charge in [0.2, 0.25) is 0 Å². The first kappa shape index (κ1) is 26.9. The number of unbranched alkanes of at least 4 members (excludes halogenated alkanes) is 1. The third-order valence-electron chi connectivity index (χ3n) is 6.54. The molecule has 0 unspecified atom stereocenters. The second-order valence-corrected chi connectivity index (χ2v) is 10.3. The molecule has 0 saturated heterocycles. The summed E-state index contributed by atoms with van der Waals surface area (Å²) in [6.45, 7) is 2.73. The summed E-state index contributed by atoms with van der Waals surface area (Å²) in [6, 6.07) is 22.6. The van der Waals surface area contributed by atoms with Crippen molar-refractivity contribution >= 4 is 50.8 Å². The van der Waals surface area contributed by atoms with Crippen LogP contribution in [0.1, 0.15) is 57.6 Å². The average Bonchev–Trinajstić information content (AvgIpc) is 3.45. The largest absolute Gasteiger partial charge is 0.457 e. The van der Waals surface area contributed by atoms with Crippen molar-refractivity contribution in [3.8, 4) is 11.3 Å². The molecule has 0 aliphatic rings. The molecule has 0 spiro atoms. The minimum Gasteiger partial charge on any atom is -0.457 e. The molecule has 5 aromatic rings. The number of benzene rings is 3. The zero-order valence-electron chi connectivity index (χ0n) is 21.3. The van der Waals surface area contributed by atoms with Crippen molar-refractivity contribution in [3.63, 3.8) is 0 Å². The molecule has 0 amide bonds. The van der Waals surface area contributed by atoms with E-state index in [1.165, 1.54) is 0 Å². The van der Waals surface area contributed by atoms with Crippen molar-refractivity contribution in [3.05, 3.63) is 111 Å². The van der Waals surface area contributed by atoms with Gasteiger partial charge in [-0.3, -0.25) is 4.79 Å². The highest BCUT2D eigenvalue weighted by atomic mass is 79.9. The number of carbonyl (C=O) groups excluding carboxylic acids is 2. The average molecular weight is 606 g/mol. The lowest BCUT2D eigenvalue weighted by Crippen LogP contribution is -2.08. The van der Waals surface area contributed by atoms with Gasteiger partial charge in [-0.15, -0.1) is 0 Å². The van der Waals surface area contributed by atoms with Gasteiger partial charge in [-0.05, 0) is 51.7 Å². The normalized spacial score (nSPS) is 11.2. The van der Waals surface area contributed by atoms with Crippen LogP contribution in [-0.4, -0.2) is 21.8 Å². The monoisotopic (exact) mass is 604 g/mol. The highest BCUT2D eigenvalue weighted by molar-refractivity contribution is 9.10. The molecule has 0 atom stereocenters. The molecular formula is C31H26BrClN2O4. The molecule has 0 bridgehead atoms. The number of aryl methyl sites for hydroxylation is 1. The fraction of sp³-hybridized carbons (Fsp3) is 0.194. The number of hydrogen-bond donors (Lipinski definition) is 0. The topological polar surface area (TPSA) is 74.3 Å². The van der Waals surface area contributed by atoms with E-state index in [1.807, 2.05) is 65.2 Å². The molecule has 8 heteroatoms. The van der Waals surface area contributed by atoms with E-state index < -0.39 is 5.97 Å². The number of nitrogens with zero attached hydrogens (tertiary/aromatic N) is 2. The third kappa shape index (κ3) is 5.70. The van der Waals surface area contributed by atoms with Crippen LogP contribution in [0.4, 0.5) is 0 Å². The van der Waals surface area contributed by atoms with E-state index in [-0.39, 0.29) is 11.8 Å². The Hall–Kier alpha value is -3.68. The Bertz CT molecular complexity index is 1640. The minimum absolute atomic E-state index is 0.181. The van der Waals surface area contributed by atoms with Crippen molar-refractivity contribution in [2.75, 3.05) is 0 Å². The van der Waals surface area contributed by atoms with Crippen LogP contribution in [0.15, 0.2) is 81.7 Å². The summed E-state index contributed by atoms with van der Waals surface area (Å²) in [6.07, 6.45) is 3.46. The quantitative estimate of drug-likeness (QED) is 0.118. The van der Waals surface area contributed by atoms with Gasteiger partial charge in [-0.25, -0.2) is 9.78 Å². The number of furan rings is 1. The SMILES string of the molecule is CCCCc1nc(Cl)c(C=O)n1Cc1ccc2oc(-c3ccccc3C(=O)OCc3ccccc3)c(Br)c2c1. The number of ether oxygens (including phenoxy) is 1. The molecule has 0 fully saturated rings. The first-order valence-corrected chi connectivity index (χ1v) is 13.9. The number of aromatic nitrogens is 2. The number of imidazole rings is 1. The van der Waals surface area contributed by atoms with Crippen LogP contribution < -0.4 is 0 Å². The van der Waals surface area contributed by atoms with Crippen LogP contribution >= 0.6 is 27.5 Å². The summed E-state index contributed by atoms with van der Waals surface area (Å²) in [5, 5.41) is 1.07. The Labute approximate surface area is 239 Å². The van der Waals surface area contributed by atoms with E-state index in [9.17, 15) is 9.59 Å². The van der Waals surface area contributed by atoms with Gasteiger partial charge in [-0.2, -0.15) is 0 Å². The minimum atomic E-state index is -0.430. The molecule has 0 saturated carbocycles. The zero-order chi connectivity index (χ0) is 27.4. The first-order chi connectivity index (χ1) is 19.0. The maximum atomic E-state index is 13.0. The summed E-state index contributed by atoms with van der Waals surface area (Å²) >= 11 is 9.97. The fourth-order valence-corrected chi connectivity index (χ4v) is 5.37. The number of aldehydes is 1. The Morgan fingerprint density at radius 1 is 1.08 bits per heavy atom. The molecule has 0 radical (unpaired) electrons. The smallest absolute Gasteiger partial charge is 0.339 e. The van der Waals surface area contributed by atoms with Gasteiger partial charge in [-0.1, -0.05) is 79.5 Å². The molecule has 5 rings (SSSR count). The number of fused-ring (bicyclic) bond motifs is 1. The predicted molar refractivity (Wildman–Crippen MR) is 155 cm³/mol. The maximum Gasteiger partial charge on any atom is 0.339 e. The number of esters is 1. The maximum absolute atomic E-state index is 13.0. The van der Waals surface area contributed by atoms with E-state index in [1.54, 1.807) is 12.1 Å². The number of halogens is 2. The molecular weight excluding hydrogens is 580 g/mol. The summed E-state index contributed by atoms with van der Waals surface area (Å²) in [5.74, 6) is 0.900. The predicted octanol–water partition coefficient (Wildman–Crippen LogP) is 8.27. The fourth-order valence-electron chi connectivity index (χ4n) is 4.52. The molecule has 0 N–H and O–H groups in total. The molecule has 198 valence electrons. The van der Waals surface area contributed by atoms with Crippen LogP contribution in [0.25, 0.3) is 22.3 Å². The zero-order valence-corrected chi connectivity index (χ0v) is 23.7. The van der Waals surface area contributed by atoms with Crippen molar-refractivity contribution in [2.24, 2.45) is 0 Å². The molecule has 2 heterocycles. The van der Waals surface area contributed by atoms with Crippen LogP contribution in [0.5, 0.6) is 0 Å². The Morgan fingerprint density at radius 2 is 1.85 bits per heavy atom. The Kier molecular flexibility index (Phi) is 8.29. The van der Waals surface area contributed by atoms with Crippen molar-refractivity contribution in [1.82, 2.24) is 9.55 Å². The van der Waals surface area contributed by atoms with Gasteiger partial charge in [0.1, 0.15) is 29.5 Å². The van der Waals surface area contributed by atoms with Crippen LogP contribution in [0, 0.1) is 0 Å². The molecule has 6 nitrogen and oxygen atoms in total. The van der Waals surface area contributed by atoms with Crippen LogP contribution in [-0.2, 0) is 24.3 Å². The van der Waals surface area contributed by atoms with Gasteiger partial charge in [0.15, 0.2) is 11.4 Å². The lowest BCUT2D eigenvalue weighted by Gasteiger charge is -2.10. The molecule has 39 heavy (non-hydrogen) atoms. The van der Waals surface area contributed by atoms with Crippen molar-refractivity contribution in [2.45, 2.75) is 39.3 Å². The molecule has 0 aliphatic heterocycles. The lowest BCUT2D eigenvalue weighted by atomic mass is 10.0. The van der Waals surface area contributed by atoms with Crippen molar-refractivity contribution in [1.29, 1.82) is 0 Å². The number of rotatable bonds is 10. The molecule has 3 aromatic carbocycles. The molecule has 0 aliphatic carbocycles. The van der Waals surface area contributed by atoms with E-state index in [0.717, 1.165) is 52.4 Å². The van der Waals surface area contributed by atoms with E-state index >= 15 is 0 Å². The third-order valence-corrected chi connectivity index (χ3v) is 7.61. The van der Waals surface area contributed by atoms with Gasteiger partial charge in [0.05, 0.1) is 10.0 Å². The van der Waals surface area contributed by atoms with Crippen LogP contribution in [0.2, 0.25) is 5.15 Å². The van der Waals surface area contributed by atoms with Gasteiger partial charge < -0.3 is 13.7 Å². The number of carbonyl (C=O) groups is 2. The Balaban J connectivity index is 1.46. The molecule has 2 aromatic heterocycles. The van der Waals surface area contributed by atoms with Gasteiger partial charge in [0, 0.05) is 23.9 Å².